The molecule has 146 valence electrons. The van der Waals surface area contributed by atoms with Crippen molar-refractivity contribution in [2.24, 2.45) is 0 Å². The maximum Gasteiger partial charge on any atom is 0.308 e. The molecule has 0 unspecified atom stereocenters. The highest BCUT2D eigenvalue weighted by atomic mass is 32.2. The molecule has 0 bridgehead atoms. The van der Waals surface area contributed by atoms with Crippen LogP contribution in [0.4, 0.5) is 0 Å². The van der Waals surface area contributed by atoms with Gasteiger partial charge < -0.3 is 4.90 Å². The second kappa shape index (κ2) is 7.37. The van der Waals surface area contributed by atoms with E-state index in [1.807, 2.05) is 0 Å². The fraction of sp³-hybridized carbons (Fsp3) is 0.556. The van der Waals surface area contributed by atoms with Gasteiger partial charge in [0, 0.05) is 26.2 Å². The standard InChI is InChI=1S/C18H23N3O4S2/c22-17(19-8-4-5-9-19)13-21-15-7-6-14(12-16(15)26-18(21)23)27(24,25)20-10-2-1-3-11-20/h6-7,12H,1-5,8-11,13H2. The van der Waals surface area contributed by atoms with E-state index >= 15 is 0 Å². The number of amides is 1. The lowest BCUT2D eigenvalue weighted by Crippen LogP contribution is -2.35. The van der Waals surface area contributed by atoms with Crippen molar-refractivity contribution in [1.82, 2.24) is 13.8 Å². The summed E-state index contributed by atoms with van der Waals surface area (Å²) < 4.78 is 29.3. The van der Waals surface area contributed by atoms with E-state index in [0.29, 0.717) is 23.3 Å². The molecule has 0 spiro atoms. The molecule has 1 aromatic heterocycles. The molecule has 2 aromatic rings. The Bertz CT molecular complexity index is 1010. The molecular formula is C18H23N3O4S2. The fourth-order valence-corrected chi connectivity index (χ4v) is 6.36. The Morgan fingerprint density at radius 1 is 1.00 bits per heavy atom. The Morgan fingerprint density at radius 2 is 1.67 bits per heavy atom. The third-order valence-electron chi connectivity index (χ3n) is 5.34. The molecular weight excluding hydrogens is 386 g/mol. The molecule has 0 atom stereocenters. The van der Waals surface area contributed by atoms with Crippen LogP contribution in [-0.2, 0) is 21.4 Å². The van der Waals surface area contributed by atoms with Gasteiger partial charge in [-0.25, -0.2) is 8.42 Å². The molecule has 0 saturated carbocycles. The molecule has 1 aromatic carbocycles. The normalized spacial score (nSPS) is 19.0. The molecule has 7 nitrogen and oxygen atoms in total. The van der Waals surface area contributed by atoms with Crippen molar-refractivity contribution in [2.75, 3.05) is 26.2 Å². The maximum absolute atomic E-state index is 12.9. The Morgan fingerprint density at radius 3 is 2.37 bits per heavy atom. The number of rotatable bonds is 4. The number of likely N-dealkylation sites (tertiary alicyclic amines) is 1. The van der Waals surface area contributed by atoms with Crippen LogP contribution in [0.2, 0.25) is 0 Å². The highest BCUT2D eigenvalue weighted by molar-refractivity contribution is 7.89. The average Bonchev–Trinajstić information content (AvgIpc) is 3.31. The van der Waals surface area contributed by atoms with Gasteiger partial charge in [-0.3, -0.25) is 14.2 Å². The summed E-state index contributed by atoms with van der Waals surface area (Å²) in [6, 6.07) is 4.78. The predicted molar refractivity (Wildman–Crippen MR) is 105 cm³/mol. The van der Waals surface area contributed by atoms with Crippen molar-refractivity contribution >= 4 is 37.5 Å². The Hall–Kier alpha value is -1.71. The fourth-order valence-electron chi connectivity index (χ4n) is 3.81. The lowest BCUT2D eigenvalue weighted by atomic mass is 10.2. The maximum atomic E-state index is 12.9. The van der Waals surface area contributed by atoms with Gasteiger partial charge in [-0.05, 0) is 43.9 Å². The number of carbonyl (C=O) groups excluding carboxylic acids is 1. The van der Waals surface area contributed by atoms with E-state index < -0.39 is 10.0 Å². The van der Waals surface area contributed by atoms with E-state index in [0.717, 1.165) is 56.5 Å². The van der Waals surface area contributed by atoms with Gasteiger partial charge in [-0.15, -0.1) is 0 Å². The Labute approximate surface area is 162 Å². The lowest BCUT2D eigenvalue weighted by Gasteiger charge is -2.25. The van der Waals surface area contributed by atoms with Gasteiger partial charge in [0.1, 0.15) is 6.54 Å². The van der Waals surface area contributed by atoms with Crippen LogP contribution < -0.4 is 4.87 Å². The van der Waals surface area contributed by atoms with Crippen molar-refractivity contribution in [2.45, 2.75) is 43.5 Å². The van der Waals surface area contributed by atoms with E-state index in [4.69, 9.17) is 0 Å². The second-order valence-electron chi connectivity index (χ2n) is 7.14. The molecule has 27 heavy (non-hydrogen) atoms. The van der Waals surface area contributed by atoms with E-state index in [1.54, 1.807) is 23.1 Å². The molecule has 4 rings (SSSR count). The summed E-state index contributed by atoms with van der Waals surface area (Å²) >= 11 is 0.994. The van der Waals surface area contributed by atoms with E-state index in [-0.39, 0.29) is 22.2 Å². The van der Waals surface area contributed by atoms with Crippen LogP contribution in [0.5, 0.6) is 0 Å². The monoisotopic (exact) mass is 409 g/mol. The number of fused-ring (bicyclic) bond motifs is 1. The van der Waals surface area contributed by atoms with Gasteiger partial charge in [0.15, 0.2) is 0 Å². The van der Waals surface area contributed by atoms with Crippen LogP contribution in [0.15, 0.2) is 27.9 Å². The zero-order chi connectivity index (χ0) is 19.0. The molecule has 0 aliphatic carbocycles. The summed E-state index contributed by atoms with van der Waals surface area (Å²) in [5.74, 6) is -0.0562. The third kappa shape index (κ3) is 3.55. The molecule has 0 N–H and O–H groups in total. The first-order chi connectivity index (χ1) is 13.0. The number of piperidine rings is 1. The topological polar surface area (TPSA) is 79.7 Å². The SMILES string of the molecule is O=C(Cn1c(=O)sc2cc(S(=O)(=O)N3CCCCC3)ccc21)N1CCCC1. The van der Waals surface area contributed by atoms with Crippen molar-refractivity contribution in [3.8, 4) is 0 Å². The molecule has 9 heteroatoms. The van der Waals surface area contributed by atoms with Gasteiger partial charge >= 0.3 is 4.87 Å². The van der Waals surface area contributed by atoms with Crippen molar-refractivity contribution in [1.29, 1.82) is 0 Å². The minimum atomic E-state index is -3.54. The van der Waals surface area contributed by atoms with Gasteiger partial charge in [0.25, 0.3) is 0 Å². The molecule has 2 saturated heterocycles. The van der Waals surface area contributed by atoms with Gasteiger partial charge in [0.05, 0.1) is 15.1 Å². The van der Waals surface area contributed by atoms with E-state index in [2.05, 4.69) is 0 Å². The summed E-state index contributed by atoms with van der Waals surface area (Å²) in [5.41, 5.74) is 0.621. The van der Waals surface area contributed by atoms with Crippen molar-refractivity contribution in [3.63, 3.8) is 0 Å². The van der Waals surface area contributed by atoms with Crippen LogP contribution in [0.3, 0.4) is 0 Å². The quantitative estimate of drug-likeness (QED) is 0.772. The first-order valence-corrected chi connectivity index (χ1v) is 11.6. The van der Waals surface area contributed by atoms with Crippen molar-refractivity contribution in [3.05, 3.63) is 27.9 Å². The Balaban J connectivity index is 1.64. The summed E-state index contributed by atoms with van der Waals surface area (Å²) in [4.78, 5) is 26.6. The average molecular weight is 410 g/mol. The molecule has 3 heterocycles. The van der Waals surface area contributed by atoms with Crippen LogP contribution in [0.1, 0.15) is 32.1 Å². The van der Waals surface area contributed by atoms with Gasteiger partial charge in [-0.1, -0.05) is 17.8 Å². The number of aromatic nitrogens is 1. The number of nitrogens with zero attached hydrogens (tertiary/aromatic N) is 3. The predicted octanol–water partition coefficient (Wildman–Crippen LogP) is 1.86. The second-order valence-corrected chi connectivity index (χ2v) is 10.1. The number of hydrogen-bond donors (Lipinski definition) is 0. The number of benzene rings is 1. The van der Waals surface area contributed by atoms with Gasteiger partial charge in [0.2, 0.25) is 15.9 Å². The zero-order valence-corrected chi connectivity index (χ0v) is 16.7. The minimum Gasteiger partial charge on any atom is -0.341 e. The van der Waals surface area contributed by atoms with Crippen molar-refractivity contribution < 1.29 is 13.2 Å². The number of thiazole rings is 1. The molecule has 2 aliphatic heterocycles. The highest BCUT2D eigenvalue weighted by Crippen LogP contribution is 2.26. The smallest absolute Gasteiger partial charge is 0.308 e. The molecule has 0 radical (unpaired) electrons. The highest BCUT2D eigenvalue weighted by Gasteiger charge is 2.27. The van der Waals surface area contributed by atoms with Crippen LogP contribution in [0, 0.1) is 0 Å². The third-order valence-corrected chi connectivity index (χ3v) is 8.18. The largest absolute Gasteiger partial charge is 0.341 e. The van der Waals surface area contributed by atoms with Crippen LogP contribution >= 0.6 is 11.3 Å². The summed E-state index contributed by atoms with van der Waals surface area (Å²) in [6.45, 7) is 2.59. The first-order valence-electron chi connectivity index (χ1n) is 9.38. The van der Waals surface area contributed by atoms with E-state index in [9.17, 15) is 18.0 Å². The van der Waals surface area contributed by atoms with Crippen LogP contribution in [0.25, 0.3) is 10.2 Å². The molecule has 2 fully saturated rings. The first kappa shape index (κ1) is 18.6. The Kier molecular flexibility index (Phi) is 5.09. The number of hydrogen-bond acceptors (Lipinski definition) is 5. The van der Waals surface area contributed by atoms with E-state index in [1.165, 1.54) is 8.87 Å². The summed E-state index contributed by atoms with van der Waals surface area (Å²) in [7, 11) is -3.54. The molecule has 2 aliphatic rings. The number of sulfonamides is 1. The summed E-state index contributed by atoms with van der Waals surface area (Å²) in [5, 5.41) is 0. The van der Waals surface area contributed by atoms with Gasteiger partial charge in [-0.2, -0.15) is 4.31 Å². The minimum absolute atomic E-state index is 0.0110. The van der Waals surface area contributed by atoms with Crippen LogP contribution in [-0.4, -0.2) is 54.3 Å². The number of carbonyl (C=O) groups is 1. The molecule has 1 amide bonds. The summed E-state index contributed by atoms with van der Waals surface area (Å²) in [6.07, 6.45) is 4.82. The lowest BCUT2D eigenvalue weighted by molar-refractivity contribution is -0.130. The zero-order valence-electron chi connectivity index (χ0n) is 15.1.